The number of nitrogens with zero attached hydrogens (tertiary/aromatic N) is 1. The first kappa shape index (κ1) is 16.9. The Hall–Kier alpha value is -2.51. The van der Waals surface area contributed by atoms with Crippen molar-refractivity contribution in [3.8, 4) is 0 Å². The first-order valence-corrected chi connectivity index (χ1v) is 7.29. The van der Waals surface area contributed by atoms with E-state index in [0.29, 0.717) is 10.7 Å². The van der Waals surface area contributed by atoms with Crippen LogP contribution in [0.4, 0.5) is 11.4 Å². The fraction of sp³-hybridized carbons (Fsp3) is 0.0667. The van der Waals surface area contributed by atoms with Crippen LogP contribution in [0.5, 0.6) is 0 Å². The number of carbonyl (C=O) groups is 1. The summed E-state index contributed by atoms with van der Waals surface area (Å²) in [5.41, 5.74) is 1.02. The summed E-state index contributed by atoms with van der Waals surface area (Å²) in [7, 11) is 0. The van der Waals surface area contributed by atoms with Gasteiger partial charge in [-0.25, -0.2) is 0 Å². The van der Waals surface area contributed by atoms with Crippen LogP contribution < -0.4 is 10.6 Å². The molecule has 118 valence electrons. The van der Waals surface area contributed by atoms with Crippen molar-refractivity contribution >= 4 is 46.2 Å². The number of hydrogen-bond donors (Lipinski definition) is 2. The highest BCUT2D eigenvalue weighted by Crippen LogP contribution is 2.21. The molecule has 0 radical (unpaired) electrons. The van der Waals surface area contributed by atoms with E-state index < -0.39 is 10.8 Å². The Kier molecular flexibility index (Phi) is 5.25. The van der Waals surface area contributed by atoms with E-state index in [1.54, 1.807) is 24.3 Å². The molecule has 0 spiro atoms. The smallest absolute Gasteiger partial charge is 0.273 e. The van der Waals surface area contributed by atoms with Crippen LogP contribution in [-0.2, 0) is 0 Å². The molecule has 1 amide bonds. The summed E-state index contributed by atoms with van der Waals surface area (Å²) in [6.07, 6.45) is 0. The Balaban J connectivity index is 2.10. The van der Waals surface area contributed by atoms with Gasteiger partial charge in [-0.05, 0) is 49.5 Å². The molecule has 0 saturated heterocycles. The Morgan fingerprint density at radius 3 is 2.48 bits per heavy atom. The van der Waals surface area contributed by atoms with Crippen molar-refractivity contribution in [1.82, 2.24) is 5.32 Å². The zero-order valence-corrected chi connectivity index (χ0v) is 13.6. The molecule has 2 aromatic carbocycles. The molecule has 0 aliphatic rings. The quantitative estimate of drug-likeness (QED) is 0.501. The molecule has 0 bridgehead atoms. The van der Waals surface area contributed by atoms with E-state index in [1.807, 2.05) is 0 Å². The first-order chi connectivity index (χ1) is 10.9. The summed E-state index contributed by atoms with van der Waals surface area (Å²) in [6.45, 7) is 1.52. The van der Waals surface area contributed by atoms with Gasteiger partial charge in [0.05, 0.1) is 4.92 Å². The van der Waals surface area contributed by atoms with Gasteiger partial charge in [0.2, 0.25) is 0 Å². The number of benzene rings is 2. The third-order valence-corrected chi connectivity index (χ3v) is 3.53. The fourth-order valence-corrected chi connectivity index (χ4v) is 2.27. The van der Waals surface area contributed by atoms with Crippen molar-refractivity contribution in [1.29, 1.82) is 0 Å². The molecule has 0 saturated carbocycles. The molecule has 0 fully saturated rings. The zero-order valence-electron chi connectivity index (χ0n) is 12.0. The first-order valence-electron chi connectivity index (χ1n) is 6.50. The van der Waals surface area contributed by atoms with E-state index in [1.165, 1.54) is 25.1 Å². The highest BCUT2D eigenvalue weighted by atomic mass is 35.5. The predicted molar refractivity (Wildman–Crippen MR) is 93.0 cm³/mol. The molecule has 6 nitrogen and oxygen atoms in total. The van der Waals surface area contributed by atoms with Gasteiger partial charge >= 0.3 is 0 Å². The maximum Gasteiger partial charge on any atom is 0.273 e. The van der Waals surface area contributed by atoms with Gasteiger partial charge < -0.3 is 5.32 Å². The standard InChI is InChI=1S/C15H12ClN3O3S/c1-9-12(3-2-4-13(9)19(21)22)14(20)18-15(23)17-11-7-5-10(16)6-8-11/h2-8H,1H3,(H2,17,18,20,23). The summed E-state index contributed by atoms with van der Waals surface area (Å²) >= 11 is 10.8. The van der Waals surface area contributed by atoms with E-state index in [4.69, 9.17) is 23.8 Å². The van der Waals surface area contributed by atoms with Crippen LogP contribution in [0, 0.1) is 17.0 Å². The van der Waals surface area contributed by atoms with Gasteiger partial charge in [-0.2, -0.15) is 0 Å². The van der Waals surface area contributed by atoms with E-state index in [2.05, 4.69) is 10.6 Å². The second kappa shape index (κ2) is 7.17. The molecule has 0 aromatic heterocycles. The zero-order chi connectivity index (χ0) is 17.0. The van der Waals surface area contributed by atoms with Crippen LogP contribution in [0.25, 0.3) is 0 Å². The van der Waals surface area contributed by atoms with E-state index >= 15 is 0 Å². The molecule has 0 aliphatic carbocycles. The predicted octanol–water partition coefficient (Wildman–Crippen LogP) is 3.68. The Labute approximate surface area is 142 Å². The minimum absolute atomic E-state index is 0.0863. The third-order valence-electron chi connectivity index (χ3n) is 3.08. The highest BCUT2D eigenvalue weighted by molar-refractivity contribution is 7.80. The number of rotatable bonds is 3. The second-order valence-electron chi connectivity index (χ2n) is 4.62. The van der Waals surface area contributed by atoms with Gasteiger partial charge in [0.1, 0.15) is 0 Å². The second-order valence-corrected chi connectivity index (χ2v) is 5.47. The van der Waals surface area contributed by atoms with Crippen molar-refractivity contribution in [2.24, 2.45) is 0 Å². The minimum Gasteiger partial charge on any atom is -0.332 e. The summed E-state index contributed by atoms with van der Waals surface area (Å²) in [5, 5.41) is 16.9. The highest BCUT2D eigenvalue weighted by Gasteiger charge is 2.18. The van der Waals surface area contributed by atoms with Crippen molar-refractivity contribution in [3.63, 3.8) is 0 Å². The maximum absolute atomic E-state index is 12.2. The number of nitrogens with one attached hydrogen (secondary N) is 2. The van der Waals surface area contributed by atoms with Gasteiger partial charge in [0.25, 0.3) is 11.6 Å². The maximum atomic E-state index is 12.2. The third kappa shape index (κ3) is 4.24. The van der Waals surface area contributed by atoms with Gasteiger partial charge in [0, 0.05) is 27.9 Å². The largest absolute Gasteiger partial charge is 0.332 e. The lowest BCUT2D eigenvalue weighted by Crippen LogP contribution is -2.34. The Bertz CT molecular complexity index is 778. The van der Waals surface area contributed by atoms with Gasteiger partial charge in [-0.15, -0.1) is 0 Å². The Morgan fingerprint density at radius 1 is 1.22 bits per heavy atom. The fourth-order valence-electron chi connectivity index (χ4n) is 1.93. The number of nitro benzene ring substituents is 1. The lowest BCUT2D eigenvalue weighted by molar-refractivity contribution is -0.385. The average Bonchev–Trinajstić information content (AvgIpc) is 2.49. The number of nitro groups is 1. The van der Waals surface area contributed by atoms with Gasteiger partial charge in [0.15, 0.2) is 5.11 Å². The van der Waals surface area contributed by atoms with Crippen LogP contribution in [0.1, 0.15) is 15.9 Å². The molecule has 2 rings (SSSR count). The number of anilines is 1. The van der Waals surface area contributed by atoms with Gasteiger partial charge in [-0.3, -0.25) is 20.2 Å². The molecule has 23 heavy (non-hydrogen) atoms. The van der Waals surface area contributed by atoms with Crippen LogP contribution in [0.15, 0.2) is 42.5 Å². The van der Waals surface area contributed by atoms with E-state index in [-0.39, 0.29) is 21.9 Å². The number of hydrogen-bond acceptors (Lipinski definition) is 4. The lowest BCUT2D eigenvalue weighted by atomic mass is 10.1. The molecule has 0 heterocycles. The summed E-state index contributed by atoms with van der Waals surface area (Å²) in [6, 6.07) is 11.1. The number of thiocarbonyl (C=S) groups is 1. The number of carbonyl (C=O) groups excluding carboxylic acids is 1. The van der Waals surface area contributed by atoms with Crippen LogP contribution in [0.2, 0.25) is 5.02 Å². The normalized spacial score (nSPS) is 10.0. The van der Waals surface area contributed by atoms with Crippen LogP contribution in [0.3, 0.4) is 0 Å². The topological polar surface area (TPSA) is 84.3 Å². The lowest BCUT2D eigenvalue weighted by Gasteiger charge is -2.11. The van der Waals surface area contributed by atoms with Crippen molar-refractivity contribution in [2.45, 2.75) is 6.92 Å². The molecule has 2 aromatic rings. The molecule has 2 N–H and O–H groups in total. The van der Waals surface area contributed by atoms with Crippen LogP contribution >= 0.6 is 23.8 Å². The van der Waals surface area contributed by atoms with Crippen LogP contribution in [-0.4, -0.2) is 15.9 Å². The molecule has 0 unspecified atom stereocenters. The molecular formula is C15H12ClN3O3S. The average molecular weight is 350 g/mol. The monoisotopic (exact) mass is 349 g/mol. The van der Waals surface area contributed by atoms with Crippen molar-refractivity contribution in [2.75, 3.05) is 5.32 Å². The molecule has 0 atom stereocenters. The van der Waals surface area contributed by atoms with Gasteiger partial charge in [-0.1, -0.05) is 17.7 Å². The van der Waals surface area contributed by atoms with Crippen molar-refractivity contribution in [3.05, 3.63) is 68.7 Å². The number of halogens is 1. The minimum atomic E-state index is -0.531. The summed E-state index contributed by atoms with van der Waals surface area (Å²) in [5.74, 6) is -0.516. The summed E-state index contributed by atoms with van der Waals surface area (Å²) in [4.78, 5) is 22.6. The summed E-state index contributed by atoms with van der Waals surface area (Å²) < 4.78 is 0. The van der Waals surface area contributed by atoms with E-state index in [0.717, 1.165) is 0 Å². The number of amides is 1. The molecule has 0 aliphatic heterocycles. The van der Waals surface area contributed by atoms with E-state index in [9.17, 15) is 14.9 Å². The molecule has 8 heteroatoms. The molecular weight excluding hydrogens is 338 g/mol. The SMILES string of the molecule is Cc1c(C(=O)NC(=S)Nc2ccc(Cl)cc2)cccc1[N+](=O)[O-]. The van der Waals surface area contributed by atoms with Crippen molar-refractivity contribution < 1.29 is 9.72 Å². The Morgan fingerprint density at radius 2 is 1.87 bits per heavy atom.